The van der Waals surface area contributed by atoms with Crippen molar-refractivity contribution in [2.75, 3.05) is 13.6 Å². The Hall–Kier alpha value is -1.02. The molecule has 0 aliphatic heterocycles. The van der Waals surface area contributed by atoms with Crippen molar-refractivity contribution in [1.82, 2.24) is 10.4 Å². The first-order valence-corrected chi connectivity index (χ1v) is 7.73. The number of hydrazine groups is 1. The molecular formula is C14H17BrClFN2O3. The van der Waals surface area contributed by atoms with E-state index in [0.717, 1.165) is 0 Å². The highest BCUT2D eigenvalue weighted by Gasteiger charge is 2.16. The van der Waals surface area contributed by atoms with Crippen LogP contribution < -0.4 is 5.43 Å². The van der Waals surface area contributed by atoms with Gasteiger partial charge < -0.3 is 5.11 Å². The number of nitrogens with one attached hydrogen (secondary N) is 1. The molecule has 122 valence electrons. The number of hydrogen-bond acceptors (Lipinski definition) is 4. The lowest BCUT2D eigenvalue weighted by atomic mass is 10.1. The highest BCUT2D eigenvalue weighted by atomic mass is 79.9. The second kappa shape index (κ2) is 8.57. The summed E-state index contributed by atoms with van der Waals surface area (Å²) in [4.78, 5) is 22.7. The van der Waals surface area contributed by atoms with Gasteiger partial charge in [-0.2, -0.15) is 0 Å². The molecule has 0 spiro atoms. The van der Waals surface area contributed by atoms with Gasteiger partial charge in [-0.15, -0.1) is 0 Å². The Morgan fingerprint density at radius 1 is 1.50 bits per heavy atom. The fraction of sp³-hybridized carbons (Fsp3) is 0.429. The van der Waals surface area contributed by atoms with Crippen molar-refractivity contribution in [3.05, 3.63) is 33.0 Å². The number of hydrogen-bond donors (Lipinski definition) is 2. The zero-order valence-corrected chi connectivity index (χ0v) is 14.5. The van der Waals surface area contributed by atoms with E-state index in [-0.39, 0.29) is 24.2 Å². The highest BCUT2D eigenvalue weighted by molar-refractivity contribution is 9.10. The predicted molar refractivity (Wildman–Crippen MR) is 85.3 cm³/mol. The van der Waals surface area contributed by atoms with Crippen molar-refractivity contribution < 1.29 is 19.1 Å². The first-order valence-electron chi connectivity index (χ1n) is 6.56. The number of nitrogens with zero attached hydrogens (tertiary/aromatic N) is 1. The molecule has 0 aliphatic carbocycles. The van der Waals surface area contributed by atoms with Gasteiger partial charge >= 0.3 is 5.97 Å². The van der Waals surface area contributed by atoms with E-state index in [4.69, 9.17) is 16.7 Å². The van der Waals surface area contributed by atoms with Gasteiger partial charge in [0.15, 0.2) is 0 Å². The van der Waals surface area contributed by atoms with Crippen LogP contribution in [0.25, 0.3) is 0 Å². The van der Waals surface area contributed by atoms with E-state index in [1.54, 1.807) is 7.05 Å². The van der Waals surface area contributed by atoms with E-state index in [1.807, 2.05) is 0 Å². The molecule has 1 unspecified atom stereocenters. The largest absolute Gasteiger partial charge is 0.480 e. The van der Waals surface area contributed by atoms with Crippen molar-refractivity contribution in [1.29, 1.82) is 0 Å². The molecule has 0 aliphatic rings. The summed E-state index contributed by atoms with van der Waals surface area (Å²) in [6.45, 7) is 1.81. The molecule has 8 heteroatoms. The van der Waals surface area contributed by atoms with E-state index in [0.29, 0.717) is 16.0 Å². The van der Waals surface area contributed by atoms with Crippen molar-refractivity contribution >= 4 is 39.3 Å². The number of benzene rings is 1. The minimum Gasteiger partial charge on any atom is -0.480 e. The number of carboxylic acids is 1. The van der Waals surface area contributed by atoms with Crippen LogP contribution in [0.5, 0.6) is 0 Å². The summed E-state index contributed by atoms with van der Waals surface area (Å²) < 4.78 is 14.1. The molecule has 2 N–H and O–H groups in total. The maximum Gasteiger partial charge on any atom is 0.321 e. The number of aliphatic carboxylic acids is 1. The molecular weight excluding hydrogens is 379 g/mol. The standard InChI is InChI=1S/C14H17BrClFN2O3/c1-8(14(21)22)18-19(2)6-5-9(20)7-10-12(17)4-3-11(16)13(10)15/h3-4,8,18H,5-7H2,1-2H3,(H,21,22). The van der Waals surface area contributed by atoms with Crippen LogP contribution in [0.15, 0.2) is 16.6 Å². The van der Waals surface area contributed by atoms with Crippen LogP contribution in [0.2, 0.25) is 5.02 Å². The first-order chi connectivity index (χ1) is 10.2. The molecule has 0 radical (unpaired) electrons. The van der Waals surface area contributed by atoms with E-state index in [9.17, 15) is 14.0 Å². The molecule has 22 heavy (non-hydrogen) atoms. The van der Waals surface area contributed by atoms with E-state index in [2.05, 4.69) is 21.4 Å². The van der Waals surface area contributed by atoms with Gasteiger partial charge in [-0.05, 0) is 35.0 Å². The summed E-state index contributed by atoms with van der Waals surface area (Å²) in [7, 11) is 1.64. The summed E-state index contributed by atoms with van der Waals surface area (Å²) in [5.41, 5.74) is 2.94. The molecule has 5 nitrogen and oxygen atoms in total. The average molecular weight is 396 g/mol. The van der Waals surface area contributed by atoms with Gasteiger partial charge in [0.25, 0.3) is 0 Å². The molecule has 0 aromatic heterocycles. The third-order valence-electron chi connectivity index (χ3n) is 3.02. The minimum atomic E-state index is -0.983. The van der Waals surface area contributed by atoms with Crippen molar-refractivity contribution in [3.63, 3.8) is 0 Å². The monoisotopic (exact) mass is 394 g/mol. The SMILES string of the molecule is CC(NN(C)CCC(=O)Cc1c(F)ccc(Cl)c1Br)C(=O)O. The predicted octanol–water partition coefficient (Wildman–Crippen LogP) is 2.65. The van der Waals surface area contributed by atoms with Crippen LogP contribution in [0.1, 0.15) is 18.9 Å². The van der Waals surface area contributed by atoms with Gasteiger partial charge in [-0.3, -0.25) is 9.59 Å². The molecule has 0 amide bonds. The number of carbonyl (C=O) groups excluding carboxylic acids is 1. The van der Waals surface area contributed by atoms with Crippen LogP contribution in [-0.4, -0.2) is 41.5 Å². The second-order valence-electron chi connectivity index (χ2n) is 4.90. The summed E-state index contributed by atoms with van der Waals surface area (Å²) >= 11 is 9.06. The molecule has 1 aromatic rings. The van der Waals surface area contributed by atoms with E-state index < -0.39 is 17.8 Å². The van der Waals surface area contributed by atoms with Crippen LogP contribution in [0.4, 0.5) is 4.39 Å². The molecule has 1 rings (SSSR count). The number of Topliss-reactive ketones (excluding diaryl/α,β-unsaturated/α-hetero) is 1. The lowest BCUT2D eigenvalue weighted by molar-refractivity contribution is -0.140. The number of rotatable bonds is 8. The lowest BCUT2D eigenvalue weighted by Gasteiger charge is -2.20. The topological polar surface area (TPSA) is 69.6 Å². The fourth-order valence-electron chi connectivity index (χ4n) is 1.76. The molecule has 0 fully saturated rings. The lowest BCUT2D eigenvalue weighted by Crippen LogP contribution is -2.45. The summed E-state index contributed by atoms with van der Waals surface area (Å²) in [6, 6.07) is 1.89. The van der Waals surface area contributed by atoms with E-state index in [1.165, 1.54) is 24.1 Å². The summed E-state index contributed by atoms with van der Waals surface area (Å²) in [6.07, 6.45) is 0.0868. The fourth-order valence-corrected chi connectivity index (χ4v) is 2.40. The number of halogens is 3. The molecule has 0 saturated carbocycles. The Kier molecular flexibility index (Phi) is 7.41. The number of carboxylic acid groups (broad SMARTS) is 1. The molecule has 1 atom stereocenters. The van der Waals surface area contributed by atoms with Gasteiger partial charge in [-0.1, -0.05) is 11.6 Å². The maximum atomic E-state index is 13.7. The molecule has 0 bridgehead atoms. The Morgan fingerprint density at radius 3 is 2.73 bits per heavy atom. The summed E-state index contributed by atoms with van der Waals surface area (Å²) in [5, 5.41) is 10.6. The third-order valence-corrected chi connectivity index (χ3v) is 4.47. The number of ketones is 1. The van der Waals surface area contributed by atoms with Crippen LogP contribution in [0, 0.1) is 5.82 Å². The molecule has 0 saturated heterocycles. The van der Waals surface area contributed by atoms with Gasteiger partial charge in [0.2, 0.25) is 0 Å². The van der Waals surface area contributed by atoms with Gasteiger partial charge in [0.1, 0.15) is 17.6 Å². The maximum absolute atomic E-state index is 13.7. The average Bonchev–Trinajstić information content (AvgIpc) is 2.45. The normalized spacial score (nSPS) is 12.5. The molecule has 0 heterocycles. The number of carbonyl (C=O) groups is 2. The summed E-state index contributed by atoms with van der Waals surface area (Å²) in [5.74, 6) is -1.64. The Labute approximate surface area is 141 Å². The Balaban J connectivity index is 2.54. The van der Waals surface area contributed by atoms with Crippen LogP contribution >= 0.6 is 27.5 Å². The van der Waals surface area contributed by atoms with E-state index >= 15 is 0 Å². The Bertz CT molecular complexity index is 571. The van der Waals surface area contributed by atoms with Crippen molar-refractivity contribution in [2.24, 2.45) is 0 Å². The van der Waals surface area contributed by atoms with Crippen LogP contribution in [-0.2, 0) is 16.0 Å². The first kappa shape index (κ1) is 19.0. The smallest absolute Gasteiger partial charge is 0.321 e. The van der Waals surface area contributed by atoms with Crippen molar-refractivity contribution in [2.45, 2.75) is 25.8 Å². The zero-order chi connectivity index (χ0) is 16.9. The van der Waals surface area contributed by atoms with Gasteiger partial charge in [0.05, 0.1) is 5.02 Å². The van der Waals surface area contributed by atoms with Crippen LogP contribution in [0.3, 0.4) is 0 Å². The second-order valence-corrected chi connectivity index (χ2v) is 6.10. The Morgan fingerprint density at radius 2 is 2.14 bits per heavy atom. The minimum absolute atomic E-state index is 0.0741. The van der Waals surface area contributed by atoms with Gasteiger partial charge in [-0.25, -0.2) is 14.8 Å². The van der Waals surface area contributed by atoms with Crippen molar-refractivity contribution in [3.8, 4) is 0 Å². The quantitative estimate of drug-likeness (QED) is 0.523. The highest BCUT2D eigenvalue weighted by Crippen LogP contribution is 2.29. The zero-order valence-electron chi connectivity index (χ0n) is 12.2. The molecule has 1 aromatic carbocycles. The van der Waals surface area contributed by atoms with Gasteiger partial charge in [0, 0.05) is 36.5 Å². The third kappa shape index (κ3) is 5.64.